The lowest BCUT2D eigenvalue weighted by Gasteiger charge is -2.19. The van der Waals surface area contributed by atoms with Gasteiger partial charge >= 0.3 is 0 Å². The first kappa shape index (κ1) is 13.7. The molecule has 2 aliphatic rings. The van der Waals surface area contributed by atoms with Crippen LogP contribution < -0.4 is 14.8 Å². The minimum atomic E-state index is 0.813. The molecule has 0 unspecified atom stereocenters. The molecule has 0 heterocycles. The molecular formula is C17H26NO2+. The normalized spacial score (nSPS) is 27.8. The number of fused-ring (bicyclic) bond motifs is 2. The molecule has 2 N–H and O–H groups in total. The molecule has 2 aliphatic carbocycles. The lowest BCUT2D eigenvalue weighted by molar-refractivity contribution is -0.694. The SMILES string of the molecule is COc1ccc(CC[NH2+][C@H]2C[C@@H]3CC[C@@H]2C3)cc1OC. The van der Waals surface area contributed by atoms with E-state index >= 15 is 0 Å². The van der Waals surface area contributed by atoms with E-state index in [1.54, 1.807) is 14.2 Å². The first-order valence-electron chi connectivity index (χ1n) is 7.84. The molecule has 2 bridgehead atoms. The molecule has 0 radical (unpaired) electrons. The maximum atomic E-state index is 5.36. The Morgan fingerprint density at radius 3 is 2.60 bits per heavy atom. The minimum absolute atomic E-state index is 0.813. The topological polar surface area (TPSA) is 35.1 Å². The summed E-state index contributed by atoms with van der Waals surface area (Å²) in [5.41, 5.74) is 1.34. The van der Waals surface area contributed by atoms with Crippen molar-refractivity contribution in [3.8, 4) is 11.5 Å². The third kappa shape index (κ3) is 2.78. The van der Waals surface area contributed by atoms with Crippen LogP contribution in [-0.2, 0) is 6.42 Å². The van der Waals surface area contributed by atoms with Gasteiger partial charge in [-0.15, -0.1) is 0 Å². The summed E-state index contributed by atoms with van der Waals surface area (Å²) >= 11 is 0. The molecule has 3 nitrogen and oxygen atoms in total. The van der Waals surface area contributed by atoms with Gasteiger partial charge in [0, 0.05) is 18.8 Å². The number of rotatable bonds is 6. The highest BCUT2D eigenvalue weighted by Gasteiger charge is 2.41. The van der Waals surface area contributed by atoms with Gasteiger partial charge in [-0.05, 0) is 42.9 Å². The van der Waals surface area contributed by atoms with Crippen molar-refractivity contribution in [2.75, 3.05) is 20.8 Å². The molecule has 2 fully saturated rings. The molecule has 110 valence electrons. The molecule has 3 heteroatoms. The van der Waals surface area contributed by atoms with Gasteiger partial charge in [-0.1, -0.05) is 6.07 Å². The number of ether oxygens (including phenoxy) is 2. The van der Waals surface area contributed by atoms with E-state index < -0.39 is 0 Å². The van der Waals surface area contributed by atoms with Crippen LogP contribution in [-0.4, -0.2) is 26.8 Å². The summed E-state index contributed by atoms with van der Waals surface area (Å²) in [6, 6.07) is 7.16. The standard InChI is InChI=1S/C17H25NO2/c1-19-16-6-4-12(11-17(16)20-2)7-8-18-15-10-13-3-5-14(15)9-13/h4,6,11,13-15,18H,3,5,7-10H2,1-2H3/p+1/t13-,14-,15+/m1/s1. The monoisotopic (exact) mass is 276 g/mol. The molecule has 2 saturated carbocycles. The summed E-state index contributed by atoms with van der Waals surface area (Å²) in [7, 11) is 3.38. The Kier molecular flexibility index (Phi) is 4.16. The zero-order valence-electron chi connectivity index (χ0n) is 12.6. The van der Waals surface area contributed by atoms with E-state index in [-0.39, 0.29) is 0 Å². The van der Waals surface area contributed by atoms with Crippen molar-refractivity contribution >= 4 is 0 Å². The van der Waals surface area contributed by atoms with Gasteiger partial charge < -0.3 is 14.8 Å². The van der Waals surface area contributed by atoms with Gasteiger partial charge in [0.05, 0.1) is 26.8 Å². The lowest BCUT2D eigenvalue weighted by Crippen LogP contribution is -2.91. The Morgan fingerprint density at radius 2 is 1.95 bits per heavy atom. The van der Waals surface area contributed by atoms with Crippen LogP contribution >= 0.6 is 0 Å². The molecule has 0 aliphatic heterocycles. The van der Waals surface area contributed by atoms with Crippen LogP contribution in [0.15, 0.2) is 18.2 Å². The van der Waals surface area contributed by atoms with Crippen molar-refractivity contribution in [3.05, 3.63) is 23.8 Å². The summed E-state index contributed by atoms with van der Waals surface area (Å²) in [5, 5.41) is 2.58. The van der Waals surface area contributed by atoms with E-state index in [2.05, 4.69) is 17.4 Å². The second-order valence-corrected chi connectivity index (χ2v) is 6.30. The summed E-state index contributed by atoms with van der Waals surface area (Å²) < 4.78 is 10.6. The van der Waals surface area contributed by atoms with E-state index in [1.807, 2.05) is 6.07 Å². The minimum Gasteiger partial charge on any atom is -0.493 e. The van der Waals surface area contributed by atoms with Gasteiger partial charge in [-0.2, -0.15) is 0 Å². The van der Waals surface area contributed by atoms with Crippen LogP contribution in [0.25, 0.3) is 0 Å². The van der Waals surface area contributed by atoms with E-state index in [0.717, 1.165) is 35.8 Å². The molecule has 0 aromatic heterocycles. The Morgan fingerprint density at radius 1 is 1.10 bits per heavy atom. The molecule has 0 saturated heterocycles. The van der Waals surface area contributed by atoms with Crippen LogP contribution in [0.5, 0.6) is 11.5 Å². The summed E-state index contributed by atoms with van der Waals surface area (Å²) in [4.78, 5) is 0. The second kappa shape index (κ2) is 6.04. The van der Waals surface area contributed by atoms with Gasteiger partial charge in [0.1, 0.15) is 0 Å². The molecule has 3 rings (SSSR count). The Hall–Kier alpha value is -1.22. The van der Waals surface area contributed by atoms with Crippen LogP contribution in [0.3, 0.4) is 0 Å². The number of nitrogens with two attached hydrogens (primary N) is 1. The summed E-state index contributed by atoms with van der Waals surface area (Å²) in [5.74, 6) is 3.70. The van der Waals surface area contributed by atoms with E-state index in [4.69, 9.17) is 9.47 Å². The molecule has 20 heavy (non-hydrogen) atoms. The van der Waals surface area contributed by atoms with Gasteiger partial charge in [-0.25, -0.2) is 0 Å². The number of methoxy groups -OCH3 is 2. The molecule has 1 aromatic rings. The quantitative estimate of drug-likeness (QED) is 0.862. The zero-order valence-corrected chi connectivity index (χ0v) is 12.6. The zero-order chi connectivity index (χ0) is 13.9. The van der Waals surface area contributed by atoms with Gasteiger partial charge in [-0.3, -0.25) is 0 Å². The molecule has 3 atom stereocenters. The van der Waals surface area contributed by atoms with E-state index in [9.17, 15) is 0 Å². The molecule has 0 amide bonds. The van der Waals surface area contributed by atoms with Crippen molar-refractivity contribution in [1.29, 1.82) is 0 Å². The average Bonchev–Trinajstić information content (AvgIpc) is 3.09. The first-order valence-corrected chi connectivity index (χ1v) is 7.84. The number of hydrogen-bond acceptors (Lipinski definition) is 2. The Bertz CT molecular complexity index is 460. The highest BCUT2D eigenvalue weighted by Crippen LogP contribution is 2.42. The second-order valence-electron chi connectivity index (χ2n) is 6.30. The lowest BCUT2D eigenvalue weighted by atomic mass is 9.95. The van der Waals surface area contributed by atoms with E-state index in [1.165, 1.54) is 37.8 Å². The maximum Gasteiger partial charge on any atom is 0.160 e. The van der Waals surface area contributed by atoms with Gasteiger partial charge in [0.15, 0.2) is 11.5 Å². The predicted molar refractivity (Wildman–Crippen MR) is 79.3 cm³/mol. The van der Waals surface area contributed by atoms with Crippen LogP contribution in [0, 0.1) is 11.8 Å². The molecule has 1 aromatic carbocycles. The van der Waals surface area contributed by atoms with Crippen molar-refractivity contribution in [2.45, 2.75) is 38.1 Å². The van der Waals surface area contributed by atoms with Crippen LogP contribution in [0.1, 0.15) is 31.2 Å². The third-order valence-corrected chi connectivity index (χ3v) is 5.14. The fraction of sp³-hybridized carbons (Fsp3) is 0.647. The summed E-state index contributed by atoms with van der Waals surface area (Å²) in [6.07, 6.45) is 7.02. The van der Waals surface area contributed by atoms with Crippen molar-refractivity contribution in [3.63, 3.8) is 0 Å². The Balaban J connectivity index is 1.51. The molecular weight excluding hydrogens is 250 g/mol. The first-order chi connectivity index (χ1) is 9.80. The van der Waals surface area contributed by atoms with Gasteiger partial charge in [0.25, 0.3) is 0 Å². The maximum absolute atomic E-state index is 5.36. The van der Waals surface area contributed by atoms with Crippen molar-refractivity contribution < 1.29 is 14.8 Å². The number of hydrogen-bond donors (Lipinski definition) is 1. The highest BCUT2D eigenvalue weighted by atomic mass is 16.5. The fourth-order valence-electron chi connectivity index (χ4n) is 4.08. The Labute approximate surface area is 121 Å². The smallest absolute Gasteiger partial charge is 0.160 e. The van der Waals surface area contributed by atoms with E-state index in [0.29, 0.717) is 0 Å². The highest BCUT2D eigenvalue weighted by molar-refractivity contribution is 5.42. The number of quaternary nitrogens is 1. The third-order valence-electron chi connectivity index (χ3n) is 5.14. The average molecular weight is 276 g/mol. The molecule has 0 spiro atoms. The van der Waals surface area contributed by atoms with Crippen LogP contribution in [0.4, 0.5) is 0 Å². The summed E-state index contributed by atoms with van der Waals surface area (Å²) in [6.45, 7) is 1.18. The number of benzene rings is 1. The van der Waals surface area contributed by atoms with Crippen molar-refractivity contribution in [2.24, 2.45) is 11.8 Å². The van der Waals surface area contributed by atoms with Crippen LogP contribution in [0.2, 0.25) is 0 Å². The largest absolute Gasteiger partial charge is 0.493 e. The predicted octanol–water partition coefficient (Wildman–Crippen LogP) is 2.00. The van der Waals surface area contributed by atoms with Gasteiger partial charge in [0.2, 0.25) is 0 Å². The van der Waals surface area contributed by atoms with Crippen molar-refractivity contribution in [1.82, 2.24) is 0 Å². The fourth-order valence-corrected chi connectivity index (χ4v) is 4.08.